The molecule has 6 aromatic rings. The van der Waals surface area contributed by atoms with E-state index in [4.69, 9.17) is 0 Å². The third-order valence-electron chi connectivity index (χ3n) is 7.95. The van der Waals surface area contributed by atoms with Crippen molar-refractivity contribution >= 4 is 31.4 Å². The molecule has 0 fully saturated rings. The average molecular weight is 495 g/mol. The fourth-order valence-electron chi connectivity index (χ4n) is 6.52. The van der Waals surface area contributed by atoms with Crippen LogP contribution in [0.5, 0.6) is 0 Å². The Labute approximate surface area is 215 Å². The monoisotopic (exact) mass is 494 g/mol. The van der Waals surface area contributed by atoms with Crippen molar-refractivity contribution in [1.29, 1.82) is 0 Å². The second-order valence-corrected chi connectivity index (χ2v) is 12.2. The fourth-order valence-corrected chi connectivity index (χ4v) is 8.11. The van der Waals surface area contributed by atoms with E-state index in [0.29, 0.717) is 0 Å². The molecule has 2 nitrogen and oxygen atoms in total. The van der Waals surface area contributed by atoms with Crippen LogP contribution in [0.25, 0.3) is 66.1 Å². The summed E-state index contributed by atoms with van der Waals surface area (Å²) in [4.78, 5) is 0. The molecule has 176 valence electrons. The van der Waals surface area contributed by atoms with Gasteiger partial charge in [0, 0.05) is 0 Å². The van der Waals surface area contributed by atoms with Gasteiger partial charge in [0.2, 0.25) is 0 Å². The van der Waals surface area contributed by atoms with E-state index >= 15 is 0 Å². The van der Waals surface area contributed by atoms with Crippen molar-refractivity contribution in [3.8, 4) is 44.5 Å². The minimum atomic E-state index is -3.13. The van der Waals surface area contributed by atoms with Crippen LogP contribution in [0.1, 0.15) is 11.1 Å². The normalized spacial score (nSPS) is 14.7. The van der Waals surface area contributed by atoms with Crippen LogP contribution in [0.15, 0.2) is 109 Å². The number of hydrogen-bond acceptors (Lipinski definition) is 2. The first-order chi connectivity index (χ1) is 18.1. The predicted molar refractivity (Wildman–Crippen MR) is 153 cm³/mol. The molecule has 1 aliphatic heterocycles. The molecule has 6 aromatic carbocycles. The molecule has 0 N–H and O–H groups in total. The summed E-state index contributed by atoms with van der Waals surface area (Å²) < 4.78 is 25.3. The predicted octanol–water partition coefficient (Wildman–Crippen LogP) is 8.40. The van der Waals surface area contributed by atoms with Gasteiger partial charge < -0.3 is 0 Å². The van der Waals surface area contributed by atoms with Gasteiger partial charge in [0.25, 0.3) is 0 Å². The molecule has 0 aromatic heterocycles. The standard InChI is InChI=1S/C34H22O2S/c35-37(36)19-24-17-28-29(18-25(24)20-37)32(23-11-5-2-6-12-23)34-27-16-8-14-21-13-7-15-26(30(21)27)33(34)31(28)22-9-3-1-4-10-22/h1-18H,19-20H2. The summed E-state index contributed by atoms with van der Waals surface area (Å²) in [5, 5.41) is 4.76. The molecule has 0 radical (unpaired) electrons. The lowest BCUT2D eigenvalue weighted by Gasteiger charge is -2.21. The SMILES string of the molecule is O=S1(=O)Cc2cc3c(-c4ccccc4)c4c(c(-c5ccccc5)c3cc2C1)-c1cccc2cccc-4c12. The van der Waals surface area contributed by atoms with Gasteiger partial charge >= 0.3 is 0 Å². The summed E-state index contributed by atoms with van der Waals surface area (Å²) in [6.45, 7) is 0. The zero-order valence-corrected chi connectivity index (χ0v) is 20.8. The smallest absolute Gasteiger partial charge is 0.158 e. The molecule has 0 unspecified atom stereocenters. The van der Waals surface area contributed by atoms with Crippen LogP contribution >= 0.6 is 0 Å². The van der Waals surface area contributed by atoms with Crippen LogP contribution in [0.3, 0.4) is 0 Å². The molecule has 2 aliphatic rings. The van der Waals surface area contributed by atoms with Crippen LogP contribution in [0.2, 0.25) is 0 Å². The molecule has 0 bridgehead atoms. The Bertz CT molecular complexity index is 1890. The van der Waals surface area contributed by atoms with Crippen molar-refractivity contribution in [2.45, 2.75) is 11.5 Å². The number of fused-ring (bicyclic) bond motifs is 5. The Balaban J connectivity index is 1.65. The first kappa shape index (κ1) is 20.9. The summed E-state index contributed by atoms with van der Waals surface area (Å²) in [6.07, 6.45) is 0. The second kappa shape index (κ2) is 7.41. The molecule has 8 rings (SSSR count). The van der Waals surface area contributed by atoms with Crippen molar-refractivity contribution in [3.05, 3.63) is 120 Å². The van der Waals surface area contributed by atoms with Crippen molar-refractivity contribution in [2.24, 2.45) is 0 Å². The van der Waals surface area contributed by atoms with Crippen LogP contribution in [0, 0.1) is 0 Å². The molecule has 0 saturated heterocycles. The maximum absolute atomic E-state index is 12.7. The van der Waals surface area contributed by atoms with Gasteiger partial charge in [-0.25, -0.2) is 8.42 Å². The lowest BCUT2D eigenvalue weighted by Crippen LogP contribution is -1.95. The molecule has 0 saturated carbocycles. The van der Waals surface area contributed by atoms with Gasteiger partial charge in [-0.1, -0.05) is 97.1 Å². The third kappa shape index (κ3) is 2.95. The highest BCUT2D eigenvalue weighted by Gasteiger charge is 2.32. The zero-order chi connectivity index (χ0) is 24.7. The van der Waals surface area contributed by atoms with Crippen LogP contribution < -0.4 is 0 Å². The number of sulfone groups is 1. The summed E-state index contributed by atoms with van der Waals surface area (Å²) in [5.41, 5.74) is 11.5. The van der Waals surface area contributed by atoms with Crippen LogP contribution in [-0.4, -0.2) is 8.42 Å². The van der Waals surface area contributed by atoms with E-state index in [1.807, 2.05) is 12.1 Å². The molecular formula is C34H22O2S. The first-order valence-electron chi connectivity index (χ1n) is 12.6. The molecular weight excluding hydrogens is 472 g/mol. The largest absolute Gasteiger partial charge is 0.228 e. The van der Waals surface area contributed by atoms with Gasteiger partial charge in [0.1, 0.15) is 0 Å². The van der Waals surface area contributed by atoms with E-state index in [9.17, 15) is 8.42 Å². The summed E-state index contributed by atoms with van der Waals surface area (Å²) in [7, 11) is -3.13. The summed E-state index contributed by atoms with van der Waals surface area (Å²) in [5.74, 6) is 0.222. The molecule has 1 heterocycles. The number of rotatable bonds is 2. The van der Waals surface area contributed by atoms with Gasteiger partial charge in [-0.05, 0) is 89.3 Å². The highest BCUT2D eigenvalue weighted by Crippen LogP contribution is 2.58. The van der Waals surface area contributed by atoms with Gasteiger partial charge in [0.05, 0.1) is 11.5 Å². The molecule has 1 aliphatic carbocycles. The average Bonchev–Trinajstić information content (AvgIpc) is 3.41. The molecule has 0 spiro atoms. The second-order valence-electron chi connectivity index (χ2n) is 10.1. The highest BCUT2D eigenvalue weighted by molar-refractivity contribution is 7.90. The Hall–Kier alpha value is -4.21. The lowest BCUT2D eigenvalue weighted by molar-refractivity contribution is 0.598. The van der Waals surface area contributed by atoms with E-state index in [-0.39, 0.29) is 11.5 Å². The minimum absolute atomic E-state index is 0.111. The van der Waals surface area contributed by atoms with Crippen molar-refractivity contribution in [2.75, 3.05) is 0 Å². The Kier molecular flexibility index (Phi) is 4.19. The summed E-state index contributed by atoms with van der Waals surface area (Å²) in [6, 6.07) is 38.6. The van der Waals surface area contributed by atoms with Gasteiger partial charge in [-0.3, -0.25) is 0 Å². The van der Waals surface area contributed by atoms with E-state index in [1.165, 1.54) is 44.2 Å². The highest BCUT2D eigenvalue weighted by atomic mass is 32.2. The molecule has 0 amide bonds. The van der Waals surface area contributed by atoms with Crippen molar-refractivity contribution in [3.63, 3.8) is 0 Å². The molecule has 37 heavy (non-hydrogen) atoms. The first-order valence-corrected chi connectivity index (χ1v) is 14.4. The summed E-state index contributed by atoms with van der Waals surface area (Å²) >= 11 is 0. The van der Waals surface area contributed by atoms with Gasteiger partial charge in [0.15, 0.2) is 9.84 Å². The van der Waals surface area contributed by atoms with E-state index in [1.54, 1.807) is 0 Å². The maximum atomic E-state index is 12.7. The quantitative estimate of drug-likeness (QED) is 0.242. The topological polar surface area (TPSA) is 34.1 Å². The minimum Gasteiger partial charge on any atom is -0.228 e. The zero-order valence-electron chi connectivity index (χ0n) is 20.0. The van der Waals surface area contributed by atoms with E-state index in [0.717, 1.165) is 33.0 Å². The Morgan fingerprint density at radius 3 is 1.41 bits per heavy atom. The number of benzene rings is 6. The van der Waals surface area contributed by atoms with E-state index < -0.39 is 9.84 Å². The van der Waals surface area contributed by atoms with Gasteiger partial charge in [-0.15, -0.1) is 0 Å². The third-order valence-corrected chi connectivity index (χ3v) is 9.45. The Morgan fingerprint density at radius 1 is 0.486 bits per heavy atom. The maximum Gasteiger partial charge on any atom is 0.158 e. The van der Waals surface area contributed by atoms with Crippen molar-refractivity contribution < 1.29 is 8.42 Å². The lowest BCUT2D eigenvalue weighted by atomic mass is 9.81. The van der Waals surface area contributed by atoms with E-state index in [2.05, 4.69) is 97.1 Å². The Morgan fingerprint density at radius 2 is 0.946 bits per heavy atom. The van der Waals surface area contributed by atoms with Crippen molar-refractivity contribution in [1.82, 2.24) is 0 Å². The van der Waals surface area contributed by atoms with Crippen LogP contribution in [-0.2, 0) is 21.3 Å². The molecule has 3 heteroatoms. The van der Waals surface area contributed by atoms with Gasteiger partial charge in [-0.2, -0.15) is 0 Å². The van der Waals surface area contributed by atoms with Crippen LogP contribution in [0.4, 0.5) is 0 Å². The number of hydrogen-bond donors (Lipinski definition) is 0. The fraction of sp³-hybridized carbons (Fsp3) is 0.0588. The molecule has 0 atom stereocenters.